The minimum Gasteiger partial charge on any atom is -0.345 e. The Bertz CT molecular complexity index is 881. The maximum atomic E-state index is 12.2. The van der Waals surface area contributed by atoms with E-state index in [-0.39, 0.29) is 22.5 Å². The van der Waals surface area contributed by atoms with Crippen molar-refractivity contribution >= 4 is 44.8 Å². The Morgan fingerprint density at radius 2 is 1.64 bits per heavy atom. The lowest BCUT2D eigenvalue weighted by Crippen LogP contribution is -2.29. The van der Waals surface area contributed by atoms with Crippen molar-refractivity contribution in [2.75, 3.05) is 24.7 Å². The number of nitrogens with zero attached hydrogens (tertiary/aromatic N) is 2. The molecule has 0 saturated carbocycles. The molecule has 8 heteroatoms. The molecule has 0 fully saturated rings. The number of carbonyl (C=O) groups is 1. The Labute approximate surface area is 157 Å². The van der Waals surface area contributed by atoms with Crippen LogP contribution in [0.15, 0.2) is 42.5 Å². The van der Waals surface area contributed by atoms with Crippen LogP contribution in [-0.4, -0.2) is 39.6 Å². The Hall–Kier alpha value is -1.76. The summed E-state index contributed by atoms with van der Waals surface area (Å²) in [6.45, 7) is 0.0787. The summed E-state index contributed by atoms with van der Waals surface area (Å²) in [7, 11) is -0.241. The highest BCUT2D eigenvalue weighted by atomic mass is 35.5. The molecule has 0 bridgehead atoms. The second-order valence-corrected chi connectivity index (χ2v) is 8.43. The summed E-state index contributed by atoms with van der Waals surface area (Å²) in [5.41, 5.74) is 1.56. The summed E-state index contributed by atoms with van der Waals surface area (Å²) in [5, 5.41) is 0.453. The number of rotatable bonds is 5. The molecule has 25 heavy (non-hydrogen) atoms. The second-order valence-electron chi connectivity index (χ2n) is 5.74. The van der Waals surface area contributed by atoms with Gasteiger partial charge in [0.05, 0.1) is 28.5 Å². The summed E-state index contributed by atoms with van der Waals surface area (Å²) in [6.07, 6.45) is 1.11. The van der Waals surface area contributed by atoms with Gasteiger partial charge in [-0.05, 0) is 29.8 Å². The topological polar surface area (TPSA) is 57.7 Å². The zero-order valence-corrected chi connectivity index (χ0v) is 16.4. The molecule has 0 N–H and O–H groups in total. The van der Waals surface area contributed by atoms with E-state index < -0.39 is 10.0 Å². The van der Waals surface area contributed by atoms with Gasteiger partial charge >= 0.3 is 0 Å². The third-order valence-corrected chi connectivity index (χ3v) is 5.47. The maximum absolute atomic E-state index is 12.2. The molecule has 0 aromatic heterocycles. The fourth-order valence-electron chi connectivity index (χ4n) is 2.24. The lowest BCUT2D eigenvalue weighted by molar-refractivity contribution is 0.0827. The molecular weight excluding hydrogens is 383 g/mol. The molecule has 0 unspecified atom stereocenters. The van der Waals surface area contributed by atoms with Gasteiger partial charge in [0.2, 0.25) is 10.0 Å². The zero-order chi connectivity index (χ0) is 18.8. The first-order chi connectivity index (χ1) is 11.6. The van der Waals surface area contributed by atoms with Crippen LogP contribution < -0.4 is 4.31 Å². The minimum atomic E-state index is -3.58. The van der Waals surface area contributed by atoms with E-state index in [1.807, 2.05) is 0 Å². The standard InChI is InChI=1S/C17H18Cl2N2O3S/c1-20(2)17(22)13-9-7-12(8-10-13)11-21(25(3,23)24)15-6-4-5-14(18)16(15)19/h4-10H,11H2,1-3H3. The molecule has 0 heterocycles. The van der Waals surface area contributed by atoms with Crippen LogP contribution in [0, 0.1) is 0 Å². The van der Waals surface area contributed by atoms with Gasteiger partial charge < -0.3 is 4.90 Å². The van der Waals surface area contributed by atoms with E-state index in [1.54, 1.807) is 56.6 Å². The van der Waals surface area contributed by atoms with Gasteiger partial charge in [0.15, 0.2) is 0 Å². The Morgan fingerprint density at radius 3 is 2.16 bits per heavy atom. The summed E-state index contributed by atoms with van der Waals surface area (Å²) in [5.74, 6) is -0.121. The lowest BCUT2D eigenvalue weighted by Gasteiger charge is -2.24. The monoisotopic (exact) mass is 400 g/mol. The van der Waals surface area contributed by atoms with Gasteiger partial charge in [-0.1, -0.05) is 41.4 Å². The van der Waals surface area contributed by atoms with E-state index in [0.29, 0.717) is 11.3 Å². The molecular formula is C17H18Cl2N2O3S. The third kappa shape index (κ3) is 4.66. The molecule has 2 rings (SSSR count). The van der Waals surface area contributed by atoms with Crippen molar-refractivity contribution < 1.29 is 13.2 Å². The SMILES string of the molecule is CN(C)C(=O)c1ccc(CN(c2cccc(Cl)c2Cl)S(C)(=O)=O)cc1. The quantitative estimate of drug-likeness (QED) is 0.769. The van der Waals surface area contributed by atoms with Crippen LogP contribution in [0.2, 0.25) is 10.0 Å². The maximum Gasteiger partial charge on any atom is 0.253 e. The highest BCUT2D eigenvalue weighted by Gasteiger charge is 2.21. The molecule has 1 amide bonds. The van der Waals surface area contributed by atoms with Gasteiger partial charge in [0.1, 0.15) is 0 Å². The largest absolute Gasteiger partial charge is 0.345 e. The Morgan fingerprint density at radius 1 is 1.04 bits per heavy atom. The van der Waals surface area contributed by atoms with Crippen LogP contribution >= 0.6 is 23.2 Å². The molecule has 0 aliphatic heterocycles. The number of benzene rings is 2. The molecule has 134 valence electrons. The molecule has 0 saturated heterocycles. The fraction of sp³-hybridized carbons (Fsp3) is 0.235. The van der Waals surface area contributed by atoms with Crippen molar-refractivity contribution in [2.24, 2.45) is 0 Å². The number of amides is 1. The third-order valence-electron chi connectivity index (χ3n) is 3.53. The van der Waals surface area contributed by atoms with E-state index in [0.717, 1.165) is 11.8 Å². The van der Waals surface area contributed by atoms with E-state index in [2.05, 4.69) is 0 Å². The normalized spacial score (nSPS) is 11.2. The van der Waals surface area contributed by atoms with Gasteiger partial charge in [-0.3, -0.25) is 9.10 Å². The first kappa shape index (κ1) is 19.6. The summed E-state index contributed by atoms with van der Waals surface area (Å²) in [6, 6.07) is 11.6. The highest BCUT2D eigenvalue weighted by Crippen LogP contribution is 2.34. The molecule has 2 aromatic carbocycles. The first-order valence-electron chi connectivity index (χ1n) is 7.33. The van der Waals surface area contributed by atoms with Crippen molar-refractivity contribution in [1.29, 1.82) is 0 Å². The van der Waals surface area contributed by atoms with Gasteiger partial charge in [0, 0.05) is 19.7 Å². The zero-order valence-electron chi connectivity index (χ0n) is 14.0. The highest BCUT2D eigenvalue weighted by molar-refractivity contribution is 7.92. The van der Waals surface area contributed by atoms with Crippen LogP contribution in [0.3, 0.4) is 0 Å². The second kappa shape index (κ2) is 7.64. The first-order valence-corrected chi connectivity index (χ1v) is 9.94. The van der Waals surface area contributed by atoms with Crippen molar-refractivity contribution in [1.82, 2.24) is 4.90 Å². The van der Waals surface area contributed by atoms with Crippen LogP contribution in [0.4, 0.5) is 5.69 Å². The van der Waals surface area contributed by atoms with Gasteiger partial charge in [-0.15, -0.1) is 0 Å². The predicted octanol–water partition coefficient (Wildman–Crippen LogP) is 3.66. The van der Waals surface area contributed by atoms with Crippen molar-refractivity contribution in [3.8, 4) is 0 Å². The average Bonchev–Trinajstić information content (AvgIpc) is 2.54. The van der Waals surface area contributed by atoms with Gasteiger partial charge in [-0.2, -0.15) is 0 Å². The molecule has 0 spiro atoms. The van der Waals surface area contributed by atoms with Crippen LogP contribution in [0.1, 0.15) is 15.9 Å². The van der Waals surface area contributed by atoms with Gasteiger partial charge in [-0.25, -0.2) is 8.42 Å². The van der Waals surface area contributed by atoms with E-state index >= 15 is 0 Å². The number of anilines is 1. The van der Waals surface area contributed by atoms with Crippen molar-refractivity contribution in [2.45, 2.75) is 6.54 Å². The number of hydrogen-bond acceptors (Lipinski definition) is 3. The van der Waals surface area contributed by atoms with E-state index in [4.69, 9.17) is 23.2 Å². The number of halogens is 2. The predicted molar refractivity (Wildman–Crippen MR) is 102 cm³/mol. The van der Waals surface area contributed by atoms with Crippen LogP contribution in [0.5, 0.6) is 0 Å². The van der Waals surface area contributed by atoms with Crippen molar-refractivity contribution in [3.63, 3.8) is 0 Å². The molecule has 5 nitrogen and oxygen atoms in total. The smallest absolute Gasteiger partial charge is 0.253 e. The fourth-order valence-corrected chi connectivity index (χ4v) is 3.58. The summed E-state index contributed by atoms with van der Waals surface area (Å²) in [4.78, 5) is 13.4. The number of sulfonamides is 1. The van der Waals surface area contributed by atoms with E-state index in [9.17, 15) is 13.2 Å². The molecule has 0 aliphatic carbocycles. The van der Waals surface area contributed by atoms with Crippen molar-refractivity contribution in [3.05, 3.63) is 63.6 Å². The Kier molecular flexibility index (Phi) is 5.98. The molecule has 0 radical (unpaired) electrons. The lowest BCUT2D eigenvalue weighted by atomic mass is 10.1. The number of hydrogen-bond donors (Lipinski definition) is 0. The molecule has 0 aliphatic rings. The summed E-state index contributed by atoms with van der Waals surface area (Å²) >= 11 is 12.2. The summed E-state index contributed by atoms with van der Waals surface area (Å²) < 4.78 is 25.6. The van der Waals surface area contributed by atoms with Gasteiger partial charge in [0.25, 0.3) is 5.91 Å². The minimum absolute atomic E-state index is 0.0787. The molecule has 2 aromatic rings. The van der Waals surface area contributed by atoms with Crippen LogP contribution in [0.25, 0.3) is 0 Å². The Balaban J connectivity index is 2.36. The van der Waals surface area contributed by atoms with E-state index in [1.165, 1.54) is 9.21 Å². The number of carbonyl (C=O) groups excluding carboxylic acids is 1. The molecule has 0 atom stereocenters. The van der Waals surface area contributed by atoms with Crippen LogP contribution in [-0.2, 0) is 16.6 Å². The average molecular weight is 401 g/mol.